The number of nitriles is 2. The van der Waals surface area contributed by atoms with Crippen LogP contribution < -0.4 is 0 Å². The average Bonchev–Trinajstić information content (AvgIpc) is 3.73. The Morgan fingerprint density at radius 2 is 1.22 bits per heavy atom. The number of esters is 1. The van der Waals surface area contributed by atoms with Crippen molar-refractivity contribution >= 4 is 75.7 Å². The number of fused-ring (bicyclic) bond motifs is 3. The lowest BCUT2D eigenvalue weighted by atomic mass is 9.97. The largest absolute Gasteiger partial charge is 0.465 e. The van der Waals surface area contributed by atoms with Crippen LogP contribution in [0.5, 0.6) is 0 Å². The van der Waals surface area contributed by atoms with Gasteiger partial charge in [0.05, 0.1) is 53.1 Å². The van der Waals surface area contributed by atoms with Gasteiger partial charge in [0, 0.05) is 28.8 Å². The summed E-state index contributed by atoms with van der Waals surface area (Å²) in [6.45, 7) is 0. The van der Waals surface area contributed by atoms with Crippen molar-refractivity contribution in [1.29, 1.82) is 10.5 Å². The number of hydrogen-bond donors (Lipinski definition) is 0. The molecule has 0 fully saturated rings. The van der Waals surface area contributed by atoms with E-state index in [-0.39, 0.29) is 33.4 Å². The highest BCUT2D eigenvalue weighted by atomic mass is 32.2. The van der Waals surface area contributed by atoms with E-state index in [1.54, 1.807) is 12.1 Å². The molecule has 2 aromatic carbocycles. The second-order valence-corrected chi connectivity index (χ2v) is 11.8. The molecule has 0 saturated heterocycles. The number of hydrogen-bond acceptors (Lipinski definition) is 14. The molecule has 5 rings (SSSR count). The zero-order chi connectivity index (χ0) is 29.8. The molecule has 13 nitrogen and oxygen atoms in total. The van der Waals surface area contributed by atoms with Crippen molar-refractivity contribution in [2.45, 2.75) is 0 Å². The number of carbonyl (C=O) groups is 1. The van der Waals surface area contributed by atoms with Gasteiger partial charge in [-0.15, -0.1) is 0 Å². The first kappa shape index (κ1) is 29.4. The molecule has 3 aliphatic rings. The molecular weight excluding hydrogens is 615 g/mol. The Labute approximate surface area is 247 Å². The first-order chi connectivity index (χ1) is 19.6. The van der Waals surface area contributed by atoms with E-state index in [1.165, 1.54) is 8.47 Å². The molecule has 0 radical (unpaired) electrons. The van der Waals surface area contributed by atoms with Gasteiger partial charge in [-0.05, 0) is 27.7 Å². The quantitative estimate of drug-likeness (QED) is 0.123. The summed E-state index contributed by atoms with van der Waals surface area (Å²) in [5.41, 5.74) is -4.69. The number of methoxy groups -OCH3 is 1. The summed E-state index contributed by atoms with van der Waals surface area (Å²) < 4.78 is 7.42. The van der Waals surface area contributed by atoms with Gasteiger partial charge in [0.1, 0.15) is 17.7 Å². The molecule has 0 unspecified atom stereocenters. The van der Waals surface area contributed by atoms with Crippen molar-refractivity contribution in [1.82, 2.24) is 0 Å². The van der Waals surface area contributed by atoms with E-state index in [9.17, 15) is 45.7 Å². The highest BCUT2D eigenvalue weighted by Gasteiger charge is 2.41. The van der Waals surface area contributed by atoms with E-state index < -0.39 is 43.4 Å². The molecule has 2 aliphatic heterocycles. The monoisotopic (exact) mass is 625 g/mol. The smallest absolute Gasteiger partial charge is 0.338 e. The molecule has 0 aromatic heterocycles. The summed E-state index contributed by atoms with van der Waals surface area (Å²) in [5.74, 6) is -0.975. The molecule has 2 aromatic rings. The molecular formula is C24H11N5O8S4. The minimum atomic E-state index is -0.975. The maximum atomic E-state index is 12.0. The normalized spacial score (nSPS) is 13.9. The number of allylic oxidation sites excluding steroid dienone is 1. The van der Waals surface area contributed by atoms with E-state index in [0.29, 0.717) is 6.07 Å². The fourth-order valence-corrected chi connectivity index (χ4v) is 7.98. The summed E-state index contributed by atoms with van der Waals surface area (Å²) in [6.07, 6.45) is 0. The molecule has 204 valence electrons. The Morgan fingerprint density at radius 1 is 0.756 bits per heavy atom. The fraction of sp³-hybridized carbons (Fsp3) is 0.0417. The molecule has 0 saturated carbocycles. The number of non-ortho nitro benzene ring substituents is 1. The number of ether oxygens (including phenoxy) is 1. The topological polar surface area (TPSA) is 203 Å². The van der Waals surface area contributed by atoms with Crippen LogP contribution in [0.1, 0.15) is 21.5 Å². The maximum absolute atomic E-state index is 12.0. The molecule has 0 atom stereocenters. The van der Waals surface area contributed by atoms with Crippen LogP contribution in [0.15, 0.2) is 59.9 Å². The first-order valence-electron chi connectivity index (χ1n) is 10.8. The Kier molecular flexibility index (Phi) is 8.84. The Hall–Kier alpha value is -4.55. The Balaban J connectivity index is 0.000000322. The number of thioether (sulfide) groups is 4. The second-order valence-electron chi connectivity index (χ2n) is 7.63. The van der Waals surface area contributed by atoms with Crippen molar-refractivity contribution in [3.63, 3.8) is 0 Å². The lowest BCUT2D eigenvalue weighted by Crippen LogP contribution is -2.04. The summed E-state index contributed by atoms with van der Waals surface area (Å²) in [5, 5.41) is 62.0. The second kappa shape index (κ2) is 12.3. The Bertz CT molecular complexity index is 1710. The lowest BCUT2D eigenvalue weighted by molar-refractivity contribution is -0.394. The number of nitrogens with zero attached hydrogens (tertiary/aromatic N) is 5. The van der Waals surface area contributed by atoms with Gasteiger partial charge in [-0.1, -0.05) is 47.0 Å². The van der Waals surface area contributed by atoms with E-state index in [2.05, 4.69) is 26.4 Å². The molecule has 0 bridgehead atoms. The van der Waals surface area contributed by atoms with Gasteiger partial charge in [0.15, 0.2) is 0 Å². The number of nitro benzene ring substituents is 3. The zero-order valence-corrected chi connectivity index (χ0v) is 23.5. The van der Waals surface area contributed by atoms with Crippen LogP contribution in [-0.2, 0) is 4.74 Å². The number of nitro groups is 3. The average molecular weight is 626 g/mol. The van der Waals surface area contributed by atoms with Gasteiger partial charge in [0.2, 0.25) is 0 Å². The molecule has 0 amide bonds. The number of carbonyl (C=O) groups excluding carboxylic acids is 1. The third-order valence-electron chi connectivity index (χ3n) is 5.49. The molecule has 0 spiro atoms. The highest BCUT2D eigenvalue weighted by molar-refractivity contribution is 8.33. The van der Waals surface area contributed by atoms with Crippen molar-refractivity contribution < 1.29 is 24.3 Å². The highest BCUT2D eigenvalue weighted by Crippen LogP contribution is 2.54. The van der Waals surface area contributed by atoms with Crippen LogP contribution in [-0.4, -0.2) is 27.8 Å². The van der Waals surface area contributed by atoms with Crippen LogP contribution in [0.25, 0.3) is 16.7 Å². The van der Waals surface area contributed by atoms with Crippen LogP contribution >= 0.6 is 47.0 Å². The van der Waals surface area contributed by atoms with Gasteiger partial charge < -0.3 is 4.74 Å². The van der Waals surface area contributed by atoms with Crippen molar-refractivity contribution in [2.75, 3.05) is 7.11 Å². The van der Waals surface area contributed by atoms with Gasteiger partial charge in [-0.2, -0.15) is 10.5 Å². The summed E-state index contributed by atoms with van der Waals surface area (Å²) in [7, 11) is 1.02. The van der Waals surface area contributed by atoms with Gasteiger partial charge in [0.25, 0.3) is 17.1 Å². The number of rotatable bonds is 4. The predicted octanol–water partition coefficient (Wildman–Crippen LogP) is 7.04. The molecule has 2 heterocycles. The van der Waals surface area contributed by atoms with Gasteiger partial charge >= 0.3 is 5.97 Å². The standard InChI is InChI=1S/C18H7N5O8.C6H4S4/c1-31-18(24)8-2-11-15(9(6-19)7-20)12-4-10(21(25)26)5-14(23(29)30)17(12)16(11)13(3-8)22(27)28;1-2-8-5(7-1)6-9-3-4-10-6/h2-5H,1H3;1-4H. The number of benzene rings is 2. The van der Waals surface area contributed by atoms with Crippen molar-refractivity contribution in [3.05, 3.63) is 107 Å². The Morgan fingerprint density at radius 3 is 1.63 bits per heavy atom. The maximum Gasteiger partial charge on any atom is 0.338 e. The van der Waals surface area contributed by atoms with Crippen LogP contribution in [0.3, 0.4) is 0 Å². The van der Waals surface area contributed by atoms with E-state index in [1.807, 2.05) is 47.0 Å². The minimum Gasteiger partial charge on any atom is -0.465 e. The van der Waals surface area contributed by atoms with Crippen LogP contribution in [0.4, 0.5) is 17.1 Å². The van der Waals surface area contributed by atoms with Crippen molar-refractivity contribution in [2.24, 2.45) is 0 Å². The third-order valence-corrected chi connectivity index (χ3v) is 10.3. The summed E-state index contributed by atoms with van der Waals surface area (Å²) in [4.78, 5) is 43.9. The van der Waals surface area contributed by atoms with Crippen LogP contribution in [0.2, 0.25) is 0 Å². The predicted molar refractivity (Wildman–Crippen MR) is 156 cm³/mol. The first-order valence-corrected chi connectivity index (χ1v) is 14.3. The van der Waals surface area contributed by atoms with Gasteiger partial charge in [-0.3, -0.25) is 30.3 Å². The SMILES string of the molecule is C1=CSC(=C2SC=CS2)S1.COC(=O)c1cc2c(c([N+](=O)[O-])c1)-c1c(cc([N+](=O)[O-])cc1[N+](=O)[O-])C2=C(C#N)C#N. The van der Waals surface area contributed by atoms with E-state index >= 15 is 0 Å². The zero-order valence-electron chi connectivity index (χ0n) is 20.3. The summed E-state index contributed by atoms with van der Waals surface area (Å²) >= 11 is 7.28. The van der Waals surface area contributed by atoms with Gasteiger partial charge in [-0.25, -0.2) is 4.79 Å². The minimum absolute atomic E-state index is 0.203. The van der Waals surface area contributed by atoms with Crippen molar-refractivity contribution in [3.8, 4) is 23.3 Å². The van der Waals surface area contributed by atoms with E-state index in [0.717, 1.165) is 25.3 Å². The molecule has 1 aliphatic carbocycles. The fourth-order valence-electron chi connectivity index (χ4n) is 3.95. The molecule has 0 N–H and O–H groups in total. The van der Waals surface area contributed by atoms with Crippen LogP contribution in [0, 0.1) is 53.0 Å². The molecule has 41 heavy (non-hydrogen) atoms. The third kappa shape index (κ3) is 5.70. The van der Waals surface area contributed by atoms with E-state index in [4.69, 9.17) is 0 Å². The molecule has 17 heteroatoms. The lowest BCUT2D eigenvalue weighted by Gasteiger charge is -2.06. The summed E-state index contributed by atoms with van der Waals surface area (Å²) in [6, 6.07) is 6.58.